The topological polar surface area (TPSA) is 0 Å². The number of rotatable bonds is 3. The normalized spacial score (nSPS) is 12.2. The zero-order valence-electron chi connectivity index (χ0n) is 15.1. The summed E-state index contributed by atoms with van der Waals surface area (Å²) in [6, 6.07) is 17.2. The monoisotopic (exact) mass is 293 g/mol. The predicted molar refractivity (Wildman–Crippen MR) is 97.6 cm³/mol. The lowest BCUT2D eigenvalue weighted by Crippen LogP contribution is -2.10. The molecule has 0 nitrogen and oxygen atoms in total. The van der Waals surface area contributed by atoms with Crippen molar-refractivity contribution in [1.82, 2.24) is 0 Å². The van der Waals surface area contributed by atoms with E-state index < -0.39 is 0 Å². The smallest absolute Gasteiger partial charge is 0.0108 e. The lowest BCUT2D eigenvalue weighted by molar-refractivity contribution is 0.590. The van der Waals surface area contributed by atoms with Crippen molar-refractivity contribution in [2.75, 3.05) is 0 Å². The minimum Gasteiger partial charge on any atom is -0.0587 e. The van der Waals surface area contributed by atoms with E-state index in [1.54, 1.807) is 0 Å². The van der Waals surface area contributed by atoms with Gasteiger partial charge in [-0.2, -0.15) is 0 Å². The fraction of sp³-hybridized carbons (Fsp3) is 0.455. The summed E-state index contributed by atoms with van der Waals surface area (Å²) >= 11 is 0. The standard InChI is InChI=1S/C22H29/c1-15(2)18-12-19(16(3)4)14-20(13-18)17-8-10-21(11-9-17)22(5,6)7/h8-11,13-16H,1-7H3. The molecule has 0 aromatic heterocycles. The van der Waals surface area contributed by atoms with E-state index in [0.717, 1.165) is 0 Å². The molecular formula is C22H29. The van der Waals surface area contributed by atoms with Gasteiger partial charge in [0.1, 0.15) is 0 Å². The molecule has 2 rings (SSSR count). The molecule has 0 aliphatic rings. The van der Waals surface area contributed by atoms with E-state index in [-0.39, 0.29) is 5.41 Å². The van der Waals surface area contributed by atoms with Crippen molar-refractivity contribution in [3.05, 3.63) is 59.2 Å². The molecular weight excluding hydrogens is 264 g/mol. The third-order valence-electron chi connectivity index (χ3n) is 4.24. The highest BCUT2D eigenvalue weighted by Crippen LogP contribution is 2.30. The summed E-state index contributed by atoms with van der Waals surface area (Å²) < 4.78 is 0. The number of hydrogen-bond acceptors (Lipinski definition) is 0. The molecule has 22 heavy (non-hydrogen) atoms. The van der Waals surface area contributed by atoms with Crippen molar-refractivity contribution < 1.29 is 0 Å². The first-order chi connectivity index (χ1) is 10.2. The molecule has 0 atom stereocenters. The van der Waals surface area contributed by atoms with Crippen molar-refractivity contribution in [3.8, 4) is 11.1 Å². The zero-order chi connectivity index (χ0) is 16.5. The Morgan fingerprint density at radius 3 is 1.55 bits per heavy atom. The summed E-state index contributed by atoms with van der Waals surface area (Å²) in [4.78, 5) is 0. The van der Waals surface area contributed by atoms with Crippen LogP contribution in [0.5, 0.6) is 0 Å². The van der Waals surface area contributed by atoms with Gasteiger partial charge in [-0.05, 0) is 51.1 Å². The summed E-state index contributed by atoms with van der Waals surface area (Å²) in [6.07, 6.45) is 0. The van der Waals surface area contributed by atoms with Crippen LogP contribution < -0.4 is 0 Å². The first-order valence-electron chi connectivity index (χ1n) is 8.36. The van der Waals surface area contributed by atoms with Gasteiger partial charge in [-0.25, -0.2) is 0 Å². The van der Waals surface area contributed by atoms with Crippen molar-refractivity contribution in [3.63, 3.8) is 0 Å². The molecule has 0 heteroatoms. The maximum atomic E-state index is 3.59. The molecule has 2 aromatic carbocycles. The molecule has 0 saturated carbocycles. The van der Waals surface area contributed by atoms with Gasteiger partial charge < -0.3 is 0 Å². The summed E-state index contributed by atoms with van der Waals surface area (Å²) in [5.74, 6) is 1.01. The summed E-state index contributed by atoms with van der Waals surface area (Å²) in [6.45, 7) is 15.7. The molecule has 0 bridgehead atoms. The van der Waals surface area contributed by atoms with Gasteiger partial charge in [-0.15, -0.1) is 0 Å². The summed E-state index contributed by atoms with van der Waals surface area (Å²) in [5, 5.41) is 0. The highest BCUT2D eigenvalue weighted by Gasteiger charge is 2.14. The Kier molecular flexibility index (Phi) is 4.80. The lowest BCUT2D eigenvalue weighted by atomic mass is 9.85. The molecule has 2 aromatic rings. The van der Waals surface area contributed by atoms with Crippen molar-refractivity contribution in [2.24, 2.45) is 0 Å². The molecule has 117 valence electrons. The van der Waals surface area contributed by atoms with Crippen LogP contribution in [0.25, 0.3) is 11.1 Å². The minimum absolute atomic E-state index is 0.204. The second kappa shape index (κ2) is 6.28. The van der Waals surface area contributed by atoms with E-state index in [0.29, 0.717) is 11.8 Å². The quantitative estimate of drug-likeness (QED) is 0.590. The van der Waals surface area contributed by atoms with Crippen LogP contribution in [-0.2, 0) is 5.41 Å². The minimum atomic E-state index is 0.204. The zero-order valence-corrected chi connectivity index (χ0v) is 15.1. The molecule has 0 aliphatic heterocycles. The molecule has 0 amide bonds. The Morgan fingerprint density at radius 1 is 0.727 bits per heavy atom. The Morgan fingerprint density at radius 2 is 1.18 bits per heavy atom. The van der Waals surface area contributed by atoms with Crippen LogP contribution in [0.15, 0.2) is 36.4 Å². The fourth-order valence-corrected chi connectivity index (χ4v) is 2.57. The van der Waals surface area contributed by atoms with Gasteiger partial charge in [-0.1, -0.05) is 84.9 Å². The number of benzene rings is 2. The van der Waals surface area contributed by atoms with Crippen molar-refractivity contribution in [1.29, 1.82) is 0 Å². The Hall–Kier alpha value is -1.56. The molecule has 0 fully saturated rings. The molecule has 0 spiro atoms. The second-order valence-corrected chi connectivity index (χ2v) is 7.92. The molecule has 0 heterocycles. The third kappa shape index (κ3) is 3.80. The average molecular weight is 293 g/mol. The highest BCUT2D eigenvalue weighted by atomic mass is 14.2. The van der Waals surface area contributed by atoms with Gasteiger partial charge in [0.05, 0.1) is 0 Å². The van der Waals surface area contributed by atoms with Crippen LogP contribution in [-0.4, -0.2) is 0 Å². The van der Waals surface area contributed by atoms with Gasteiger partial charge in [0.25, 0.3) is 0 Å². The summed E-state index contributed by atoms with van der Waals surface area (Å²) in [7, 11) is 0. The Balaban J connectivity index is 2.47. The number of hydrogen-bond donors (Lipinski definition) is 0. The lowest BCUT2D eigenvalue weighted by Gasteiger charge is -2.19. The summed E-state index contributed by atoms with van der Waals surface area (Å²) in [5.41, 5.74) is 6.81. The Bertz CT molecular complexity index is 596. The third-order valence-corrected chi connectivity index (χ3v) is 4.24. The molecule has 0 unspecified atom stereocenters. The van der Waals surface area contributed by atoms with Gasteiger partial charge >= 0.3 is 0 Å². The molecule has 0 aliphatic carbocycles. The Labute approximate surface area is 136 Å². The van der Waals surface area contributed by atoms with Crippen LogP contribution in [0.3, 0.4) is 0 Å². The van der Waals surface area contributed by atoms with Crippen molar-refractivity contribution in [2.45, 2.75) is 65.7 Å². The van der Waals surface area contributed by atoms with Crippen LogP contribution in [0.4, 0.5) is 0 Å². The van der Waals surface area contributed by atoms with E-state index in [1.165, 1.54) is 27.8 Å². The SMILES string of the molecule is CC(C)c1[c]c(C(C)C)cc(-c2ccc(C(C)(C)C)cc2)c1. The van der Waals surface area contributed by atoms with Crippen LogP contribution in [0.2, 0.25) is 0 Å². The van der Waals surface area contributed by atoms with E-state index in [1.807, 2.05) is 0 Å². The van der Waals surface area contributed by atoms with Crippen LogP contribution in [0.1, 0.15) is 77.0 Å². The van der Waals surface area contributed by atoms with Gasteiger partial charge in [0, 0.05) is 0 Å². The van der Waals surface area contributed by atoms with Crippen molar-refractivity contribution >= 4 is 0 Å². The van der Waals surface area contributed by atoms with Gasteiger partial charge in [0.2, 0.25) is 0 Å². The van der Waals surface area contributed by atoms with Crippen LogP contribution in [0, 0.1) is 6.07 Å². The van der Waals surface area contributed by atoms with E-state index >= 15 is 0 Å². The molecule has 0 saturated heterocycles. The average Bonchev–Trinajstić information content (AvgIpc) is 2.46. The maximum absolute atomic E-state index is 3.59. The second-order valence-electron chi connectivity index (χ2n) is 7.92. The molecule has 0 N–H and O–H groups in total. The molecule has 1 radical (unpaired) electrons. The first-order valence-corrected chi connectivity index (χ1v) is 8.36. The predicted octanol–water partition coefficient (Wildman–Crippen LogP) is 6.70. The largest absolute Gasteiger partial charge is 0.0587 e. The van der Waals surface area contributed by atoms with E-state index in [2.05, 4.69) is 90.9 Å². The fourth-order valence-electron chi connectivity index (χ4n) is 2.57. The van der Waals surface area contributed by atoms with E-state index in [4.69, 9.17) is 0 Å². The highest BCUT2D eigenvalue weighted by molar-refractivity contribution is 5.66. The van der Waals surface area contributed by atoms with Gasteiger partial charge in [-0.3, -0.25) is 0 Å². The van der Waals surface area contributed by atoms with Crippen LogP contribution >= 0.6 is 0 Å². The first kappa shape index (κ1) is 16.8. The van der Waals surface area contributed by atoms with E-state index in [9.17, 15) is 0 Å². The maximum Gasteiger partial charge on any atom is -0.0108 e. The van der Waals surface area contributed by atoms with Gasteiger partial charge in [0.15, 0.2) is 0 Å².